The van der Waals surface area contributed by atoms with E-state index < -0.39 is 5.60 Å². The maximum atomic E-state index is 10.2. The highest BCUT2D eigenvalue weighted by molar-refractivity contribution is 6.31. The normalized spacial score (nSPS) is 18.3. The molecule has 0 saturated heterocycles. The van der Waals surface area contributed by atoms with Crippen molar-refractivity contribution in [3.8, 4) is 5.75 Å². The molecule has 3 N–H and O–H groups in total. The van der Waals surface area contributed by atoms with Crippen LogP contribution in [0.5, 0.6) is 5.75 Å². The lowest BCUT2D eigenvalue weighted by Crippen LogP contribution is -2.32. The van der Waals surface area contributed by atoms with Gasteiger partial charge in [0.05, 0.1) is 5.60 Å². The first kappa shape index (κ1) is 12.7. The summed E-state index contributed by atoms with van der Waals surface area (Å²) in [5.74, 6) is 0.681. The zero-order valence-corrected chi connectivity index (χ0v) is 10.5. The molecule has 1 aromatic carbocycles. The fraction of sp³-hybridized carbons (Fsp3) is 0.538. The Kier molecular flexibility index (Phi) is 3.92. The van der Waals surface area contributed by atoms with Crippen molar-refractivity contribution in [2.24, 2.45) is 5.73 Å². The second kappa shape index (κ2) is 5.25. The molecule has 0 radical (unpaired) electrons. The summed E-state index contributed by atoms with van der Waals surface area (Å²) in [6.45, 7) is 0.660. The number of hydrogen-bond acceptors (Lipinski definition) is 3. The Morgan fingerprint density at radius 2 is 2.06 bits per heavy atom. The Balaban J connectivity index is 2.06. The van der Waals surface area contributed by atoms with Crippen LogP contribution >= 0.6 is 11.6 Å². The Morgan fingerprint density at radius 3 is 2.71 bits per heavy atom. The molecule has 0 aliphatic heterocycles. The third-order valence-corrected chi connectivity index (χ3v) is 3.66. The second-order valence-electron chi connectivity index (χ2n) is 4.64. The van der Waals surface area contributed by atoms with E-state index in [0.717, 1.165) is 31.2 Å². The van der Waals surface area contributed by atoms with Gasteiger partial charge in [0.1, 0.15) is 12.4 Å². The molecule has 1 fully saturated rings. The number of halogens is 1. The van der Waals surface area contributed by atoms with Crippen LogP contribution in [0.1, 0.15) is 31.2 Å². The molecule has 0 aromatic heterocycles. The third kappa shape index (κ3) is 2.92. The molecule has 2 rings (SSSR count). The second-order valence-corrected chi connectivity index (χ2v) is 5.05. The van der Waals surface area contributed by atoms with Crippen LogP contribution in [0.25, 0.3) is 0 Å². The molecule has 1 aliphatic rings. The number of ether oxygens (including phenoxy) is 1. The molecule has 1 aromatic rings. The number of benzene rings is 1. The number of nitrogens with two attached hydrogens (primary N) is 1. The first-order valence-corrected chi connectivity index (χ1v) is 6.35. The SMILES string of the molecule is NCc1c(Cl)cccc1OCC1(O)CCCC1. The van der Waals surface area contributed by atoms with Crippen LogP contribution in [-0.4, -0.2) is 17.3 Å². The molecule has 0 spiro atoms. The minimum absolute atomic E-state index is 0.320. The van der Waals surface area contributed by atoms with Gasteiger partial charge in [-0.3, -0.25) is 0 Å². The summed E-state index contributed by atoms with van der Waals surface area (Å²) < 4.78 is 5.68. The van der Waals surface area contributed by atoms with E-state index in [1.165, 1.54) is 0 Å². The summed E-state index contributed by atoms with van der Waals surface area (Å²) in [6.07, 6.45) is 3.76. The van der Waals surface area contributed by atoms with Crippen molar-refractivity contribution in [2.75, 3.05) is 6.61 Å². The van der Waals surface area contributed by atoms with E-state index >= 15 is 0 Å². The van der Waals surface area contributed by atoms with Crippen LogP contribution in [0.2, 0.25) is 5.02 Å². The van der Waals surface area contributed by atoms with Crippen LogP contribution in [0.15, 0.2) is 18.2 Å². The van der Waals surface area contributed by atoms with Gasteiger partial charge in [-0.25, -0.2) is 0 Å². The van der Waals surface area contributed by atoms with Crippen molar-refractivity contribution in [1.29, 1.82) is 0 Å². The van der Waals surface area contributed by atoms with Gasteiger partial charge in [0.15, 0.2) is 0 Å². The fourth-order valence-corrected chi connectivity index (χ4v) is 2.50. The predicted molar refractivity (Wildman–Crippen MR) is 68.3 cm³/mol. The number of aliphatic hydroxyl groups is 1. The Bertz CT molecular complexity index is 389. The number of hydrogen-bond donors (Lipinski definition) is 2. The highest BCUT2D eigenvalue weighted by Crippen LogP contribution is 2.32. The van der Waals surface area contributed by atoms with Gasteiger partial charge in [-0.15, -0.1) is 0 Å². The summed E-state index contributed by atoms with van der Waals surface area (Å²) in [4.78, 5) is 0. The standard InChI is InChI=1S/C13H18ClNO2/c14-11-4-3-5-12(10(11)8-15)17-9-13(16)6-1-2-7-13/h3-5,16H,1-2,6-9,15H2. The lowest BCUT2D eigenvalue weighted by molar-refractivity contribution is 0.00115. The van der Waals surface area contributed by atoms with Crippen LogP contribution < -0.4 is 10.5 Å². The van der Waals surface area contributed by atoms with E-state index in [1.807, 2.05) is 12.1 Å². The van der Waals surface area contributed by atoms with Gasteiger partial charge in [-0.05, 0) is 25.0 Å². The molecule has 17 heavy (non-hydrogen) atoms. The molecule has 94 valence electrons. The van der Waals surface area contributed by atoms with Gasteiger partial charge in [0, 0.05) is 17.1 Å². The highest BCUT2D eigenvalue weighted by atomic mass is 35.5. The average Bonchev–Trinajstić information content (AvgIpc) is 2.74. The summed E-state index contributed by atoms with van der Waals surface area (Å²) >= 11 is 6.04. The lowest BCUT2D eigenvalue weighted by Gasteiger charge is -2.23. The van der Waals surface area contributed by atoms with Gasteiger partial charge in [0.25, 0.3) is 0 Å². The molecule has 0 bridgehead atoms. The smallest absolute Gasteiger partial charge is 0.125 e. The highest BCUT2D eigenvalue weighted by Gasteiger charge is 2.32. The Morgan fingerprint density at radius 1 is 1.35 bits per heavy atom. The molecule has 0 unspecified atom stereocenters. The molecule has 4 heteroatoms. The molecule has 0 amide bonds. The third-order valence-electron chi connectivity index (χ3n) is 3.31. The Labute approximate surface area is 107 Å². The van der Waals surface area contributed by atoms with Crippen molar-refractivity contribution >= 4 is 11.6 Å². The van der Waals surface area contributed by atoms with Crippen LogP contribution in [0.3, 0.4) is 0 Å². The number of rotatable bonds is 4. The topological polar surface area (TPSA) is 55.5 Å². The van der Waals surface area contributed by atoms with E-state index in [4.69, 9.17) is 22.1 Å². The quantitative estimate of drug-likeness (QED) is 0.869. The average molecular weight is 256 g/mol. The van der Waals surface area contributed by atoms with E-state index in [1.54, 1.807) is 6.07 Å². The minimum Gasteiger partial charge on any atom is -0.490 e. The van der Waals surface area contributed by atoms with E-state index in [2.05, 4.69) is 0 Å². The van der Waals surface area contributed by atoms with Crippen molar-refractivity contribution < 1.29 is 9.84 Å². The van der Waals surface area contributed by atoms with E-state index in [9.17, 15) is 5.11 Å². The molecule has 3 nitrogen and oxygen atoms in total. The summed E-state index contributed by atoms with van der Waals surface area (Å²) in [5, 5.41) is 10.8. The molecule has 1 aliphatic carbocycles. The van der Waals surface area contributed by atoms with Gasteiger partial charge < -0.3 is 15.6 Å². The largest absolute Gasteiger partial charge is 0.490 e. The summed E-state index contributed by atoms with van der Waals surface area (Å²) in [6, 6.07) is 5.46. The van der Waals surface area contributed by atoms with Crippen molar-refractivity contribution in [1.82, 2.24) is 0 Å². The van der Waals surface area contributed by atoms with Crippen LogP contribution in [-0.2, 0) is 6.54 Å². The Hall–Kier alpha value is -0.770. The summed E-state index contributed by atoms with van der Waals surface area (Å²) in [7, 11) is 0. The van der Waals surface area contributed by atoms with E-state index in [0.29, 0.717) is 23.9 Å². The van der Waals surface area contributed by atoms with Gasteiger partial charge in [-0.1, -0.05) is 30.5 Å². The predicted octanol–water partition coefficient (Wildman–Crippen LogP) is 2.48. The first-order valence-electron chi connectivity index (χ1n) is 5.97. The van der Waals surface area contributed by atoms with Crippen molar-refractivity contribution in [3.63, 3.8) is 0 Å². The molecule has 0 heterocycles. The maximum absolute atomic E-state index is 10.2. The maximum Gasteiger partial charge on any atom is 0.125 e. The first-order chi connectivity index (χ1) is 8.14. The van der Waals surface area contributed by atoms with Gasteiger partial charge in [-0.2, -0.15) is 0 Å². The van der Waals surface area contributed by atoms with Crippen LogP contribution in [0.4, 0.5) is 0 Å². The van der Waals surface area contributed by atoms with Crippen molar-refractivity contribution in [2.45, 2.75) is 37.8 Å². The van der Waals surface area contributed by atoms with E-state index in [-0.39, 0.29) is 0 Å². The summed E-state index contributed by atoms with van der Waals surface area (Å²) in [5.41, 5.74) is 5.77. The molecular formula is C13H18ClNO2. The zero-order valence-electron chi connectivity index (χ0n) is 9.79. The van der Waals surface area contributed by atoms with Crippen LogP contribution in [0, 0.1) is 0 Å². The lowest BCUT2D eigenvalue weighted by atomic mass is 10.0. The minimum atomic E-state index is -0.672. The van der Waals surface area contributed by atoms with Gasteiger partial charge in [0.2, 0.25) is 0 Å². The molecule has 0 atom stereocenters. The fourth-order valence-electron chi connectivity index (χ4n) is 2.26. The zero-order chi connectivity index (χ0) is 12.3. The molecular weight excluding hydrogens is 238 g/mol. The monoisotopic (exact) mass is 255 g/mol. The van der Waals surface area contributed by atoms with Crippen molar-refractivity contribution in [3.05, 3.63) is 28.8 Å². The van der Waals surface area contributed by atoms with Gasteiger partial charge >= 0.3 is 0 Å². The molecule has 1 saturated carbocycles.